The minimum Gasteiger partial charge on any atom is -0.493 e. The van der Waals surface area contributed by atoms with E-state index in [1.165, 1.54) is 0 Å². The summed E-state index contributed by atoms with van der Waals surface area (Å²) in [6.07, 6.45) is 1.98. The van der Waals surface area contributed by atoms with Crippen LogP contribution in [0.4, 0.5) is 0 Å². The van der Waals surface area contributed by atoms with Gasteiger partial charge in [-0.1, -0.05) is 41.6 Å². The van der Waals surface area contributed by atoms with Crippen molar-refractivity contribution in [1.29, 1.82) is 0 Å². The Morgan fingerprint density at radius 2 is 2.16 bits per heavy atom. The van der Waals surface area contributed by atoms with E-state index < -0.39 is 0 Å². The maximum atomic E-state index is 12.4. The highest BCUT2D eigenvalue weighted by Gasteiger charge is 2.23. The molecule has 1 N–H and O–H groups in total. The number of amides is 1. The molecular weight excluding hydrogens is 316 g/mol. The van der Waals surface area contributed by atoms with Crippen LogP contribution in [0.1, 0.15) is 35.9 Å². The van der Waals surface area contributed by atoms with E-state index in [9.17, 15) is 4.79 Å². The molecule has 1 atom stereocenters. The lowest BCUT2D eigenvalue weighted by atomic mass is 9.98. The summed E-state index contributed by atoms with van der Waals surface area (Å²) in [4.78, 5) is 12.4. The van der Waals surface area contributed by atoms with Gasteiger partial charge < -0.3 is 14.6 Å². The molecule has 128 valence electrons. The molecule has 1 aliphatic rings. The average Bonchev–Trinajstić information content (AvgIpc) is 2.90. The van der Waals surface area contributed by atoms with Crippen LogP contribution in [0.3, 0.4) is 0 Å². The van der Waals surface area contributed by atoms with Crippen LogP contribution in [0.15, 0.2) is 47.0 Å². The fraction of sp³-hybridized carbons (Fsp3) is 0.300. The molecular formula is C20H20N2O3. The number of rotatable bonds is 3. The molecule has 1 amide bonds. The number of fused-ring (bicyclic) bond motifs is 3. The molecule has 1 aliphatic heterocycles. The number of nitrogens with zero attached hydrogens (tertiary/aromatic N) is 1. The second-order valence-corrected chi connectivity index (χ2v) is 6.42. The Balaban J connectivity index is 1.60. The van der Waals surface area contributed by atoms with E-state index in [1.807, 2.05) is 19.1 Å². The standard InChI is InChI=1S/C20H20N2O3/c1-13-11-15(22-25-13)12-19(23)21-18-7-4-10-24-20-16-6-3-2-5-14(16)8-9-17(18)20/h2-3,5-6,8-9,11,18H,4,7,10,12H2,1H3,(H,21,23)/t18-/m0/s1. The molecule has 1 aromatic heterocycles. The van der Waals surface area contributed by atoms with Gasteiger partial charge in [0.15, 0.2) is 0 Å². The van der Waals surface area contributed by atoms with Gasteiger partial charge >= 0.3 is 0 Å². The van der Waals surface area contributed by atoms with E-state index in [1.54, 1.807) is 6.07 Å². The van der Waals surface area contributed by atoms with Gasteiger partial charge in [0.25, 0.3) is 0 Å². The molecule has 2 heterocycles. The van der Waals surface area contributed by atoms with Gasteiger partial charge in [-0.3, -0.25) is 4.79 Å². The SMILES string of the molecule is Cc1cc(CC(=O)N[C@H]2CCCOc3c2ccc2ccccc32)no1. The van der Waals surface area contributed by atoms with Gasteiger partial charge in [0.1, 0.15) is 11.5 Å². The lowest BCUT2D eigenvalue weighted by Gasteiger charge is -2.19. The van der Waals surface area contributed by atoms with E-state index in [2.05, 4.69) is 34.7 Å². The van der Waals surface area contributed by atoms with Crippen molar-refractivity contribution in [3.05, 3.63) is 59.5 Å². The van der Waals surface area contributed by atoms with Crippen molar-refractivity contribution in [1.82, 2.24) is 10.5 Å². The van der Waals surface area contributed by atoms with Crippen molar-refractivity contribution in [2.75, 3.05) is 6.61 Å². The summed E-state index contributed by atoms with van der Waals surface area (Å²) in [5, 5.41) is 9.26. The van der Waals surface area contributed by atoms with E-state index in [0.717, 1.165) is 34.9 Å². The molecule has 0 saturated carbocycles. The monoisotopic (exact) mass is 336 g/mol. The zero-order valence-corrected chi connectivity index (χ0v) is 14.1. The quantitative estimate of drug-likeness (QED) is 0.792. The minimum atomic E-state index is -0.0562. The largest absolute Gasteiger partial charge is 0.493 e. The summed E-state index contributed by atoms with van der Waals surface area (Å²) < 4.78 is 11.0. The molecule has 0 fully saturated rings. The molecule has 0 aliphatic carbocycles. The van der Waals surface area contributed by atoms with Crippen LogP contribution < -0.4 is 10.1 Å². The van der Waals surface area contributed by atoms with Crippen LogP contribution in [0.25, 0.3) is 10.8 Å². The van der Waals surface area contributed by atoms with Crippen LogP contribution in [0.5, 0.6) is 5.75 Å². The van der Waals surface area contributed by atoms with Gasteiger partial charge in [-0.25, -0.2) is 0 Å². The molecule has 2 aromatic carbocycles. The molecule has 5 nitrogen and oxygen atoms in total. The van der Waals surface area contributed by atoms with E-state index in [-0.39, 0.29) is 18.4 Å². The van der Waals surface area contributed by atoms with Crippen molar-refractivity contribution in [3.63, 3.8) is 0 Å². The molecule has 0 radical (unpaired) electrons. The first-order valence-electron chi connectivity index (χ1n) is 8.57. The van der Waals surface area contributed by atoms with Gasteiger partial charge in [0.05, 0.1) is 24.8 Å². The van der Waals surface area contributed by atoms with E-state index in [0.29, 0.717) is 18.1 Å². The number of benzene rings is 2. The first-order chi connectivity index (χ1) is 12.2. The normalized spacial score (nSPS) is 16.8. The summed E-state index contributed by atoms with van der Waals surface area (Å²) >= 11 is 0. The second kappa shape index (κ2) is 6.59. The highest BCUT2D eigenvalue weighted by atomic mass is 16.5. The summed E-state index contributed by atoms with van der Waals surface area (Å²) in [5.74, 6) is 1.54. The Labute approximate surface area is 146 Å². The van der Waals surface area contributed by atoms with E-state index in [4.69, 9.17) is 9.26 Å². The maximum absolute atomic E-state index is 12.4. The second-order valence-electron chi connectivity index (χ2n) is 6.42. The minimum absolute atomic E-state index is 0.0531. The third kappa shape index (κ3) is 3.22. The molecule has 0 spiro atoms. The Morgan fingerprint density at radius 1 is 1.28 bits per heavy atom. The molecule has 25 heavy (non-hydrogen) atoms. The van der Waals surface area contributed by atoms with Gasteiger partial charge in [-0.15, -0.1) is 0 Å². The van der Waals surface area contributed by atoms with Crippen molar-refractivity contribution >= 4 is 16.7 Å². The third-order valence-electron chi connectivity index (χ3n) is 4.52. The number of hydrogen-bond acceptors (Lipinski definition) is 4. The summed E-state index contributed by atoms with van der Waals surface area (Å²) in [7, 11) is 0. The van der Waals surface area contributed by atoms with Gasteiger partial charge in [-0.2, -0.15) is 0 Å². The van der Waals surface area contributed by atoms with Crippen LogP contribution in [-0.2, 0) is 11.2 Å². The van der Waals surface area contributed by atoms with Crippen molar-refractivity contribution < 1.29 is 14.1 Å². The average molecular weight is 336 g/mol. The molecule has 4 rings (SSSR count). The number of aromatic nitrogens is 1. The third-order valence-corrected chi connectivity index (χ3v) is 4.52. The van der Waals surface area contributed by atoms with Crippen molar-refractivity contribution in [2.24, 2.45) is 0 Å². The van der Waals surface area contributed by atoms with Gasteiger partial charge in [-0.05, 0) is 25.2 Å². The number of carbonyl (C=O) groups is 1. The lowest BCUT2D eigenvalue weighted by Crippen LogP contribution is -2.29. The molecule has 5 heteroatoms. The Bertz CT molecular complexity index is 916. The lowest BCUT2D eigenvalue weighted by molar-refractivity contribution is -0.121. The van der Waals surface area contributed by atoms with Crippen molar-refractivity contribution in [3.8, 4) is 5.75 Å². The highest BCUT2D eigenvalue weighted by molar-refractivity contribution is 5.90. The topological polar surface area (TPSA) is 64.4 Å². The zero-order chi connectivity index (χ0) is 17.2. The fourth-order valence-corrected chi connectivity index (χ4v) is 3.37. The number of carbonyl (C=O) groups excluding carboxylic acids is 1. The van der Waals surface area contributed by atoms with Crippen LogP contribution in [0.2, 0.25) is 0 Å². The summed E-state index contributed by atoms with van der Waals surface area (Å²) in [5.41, 5.74) is 1.69. The first kappa shape index (κ1) is 15.7. The Kier molecular flexibility index (Phi) is 4.14. The highest BCUT2D eigenvalue weighted by Crippen LogP contribution is 2.37. The zero-order valence-electron chi connectivity index (χ0n) is 14.1. The van der Waals surface area contributed by atoms with Crippen molar-refractivity contribution in [2.45, 2.75) is 32.2 Å². The Hall–Kier alpha value is -2.82. The van der Waals surface area contributed by atoms with Gasteiger partial charge in [0.2, 0.25) is 5.91 Å². The predicted octanol–water partition coefficient (Wildman–Crippen LogP) is 3.71. The van der Waals surface area contributed by atoms with E-state index >= 15 is 0 Å². The Morgan fingerprint density at radius 3 is 3.00 bits per heavy atom. The summed E-state index contributed by atoms with van der Waals surface area (Å²) in [6, 6.07) is 14.1. The smallest absolute Gasteiger partial charge is 0.226 e. The number of ether oxygens (including phenoxy) is 1. The maximum Gasteiger partial charge on any atom is 0.226 e. The number of hydrogen-bond donors (Lipinski definition) is 1. The van der Waals surface area contributed by atoms with Crippen LogP contribution in [-0.4, -0.2) is 17.7 Å². The molecule has 0 bridgehead atoms. The molecule has 0 saturated heterocycles. The fourth-order valence-electron chi connectivity index (χ4n) is 3.37. The summed E-state index contributed by atoms with van der Waals surface area (Å²) in [6.45, 7) is 2.48. The number of aryl methyl sites for hydroxylation is 1. The molecule has 0 unspecified atom stereocenters. The molecule has 3 aromatic rings. The van der Waals surface area contributed by atoms with Crippen LogP contribution in [0, 0.1) is 6.92 Å². The number of nitrogens with one attached hydrogen (secondary N) is 1. The van der Waals surface area contributed by atoms with Gasteiger partial charge in [0, 0.05) is 17.0 Å². The van der Waals surface area contributed by atoms with Crippen LogP contribution >= 0.6 is 0 Å². The first-order valence-corrected chi connectivity index (χ1v) is 8.57. The predicted molar refractivity (Wildman–Crippen MR) is 94.5 cm³/mol.